The first-order valence-corrected chi connectivity index (χ1v) is 8.78. The predicted octanol–water partition coefficient (Wildman–Crippen LogP) is 4.45. The number of ether oxygens (including phenoxy) is 1. The third-order valence-corrected chi connectivity index (χ3v) is 4.44. The minimum atomic E-state index is -0.0354. The van der Waals surface area contributed by atoms with Crippen LogP contribution < -0.4 is 10.1 Å². The normalized spacial score (nSPS) is 14.0. The lowest BCUT2D eigenvalue weighted by Crippen LogP contribution is -2.13. The van der Waals surface area contributed by atoms with Gasteiger partial charge in [-0.25, -0.2) is 0 Å². The third-order valence-electron chi connectivity index (χ3n) is 4.44. The van der Waals surface area contributed by atoms with Crippen molar-refractivity contribution in [2.45, 2.75) is 44.6 Å². The molecule has 0 radical (unpaired) electrons. The van der Waals surface area contributed by atoms with Crippen molar-refractivity contribution in [2.75, 3.05) is 5.32 Å². The van der Waals surface area contributed by atoms with Crippen LogP contribution in [-0.4, -0.2) is 12.0 Å². The van der Waals surface area contributed by atoms with Gasteiger partial charge in [0, 0.05) is 12.1 Å². The molecule has 1 aliphatic rings. The van der Waals surface area contributed by atoms with Gasteiger partial charge in [-0.2, -0.15) is 5.26 Å². The molecule has 1 amide bonds. The van der Waals surface area contributed by atoms with Crippen molar-refractivity contribution in [1.29, 1.82) is 5.26 Å². The Morgan fingerprint density at radius 3 is 2.64 bits per heavy atom. The van der Waals surface area contributed by atoms with Gasteiger partial charge in [0.15, 0.2) is 0 Å². The first-order chi connectivity index (χ1) is 12.2. The van der Waals surface area contributed by atoms with E-state index in [1.165, 1.54) is 12.8 Å². The van der Waals surface area contributed by atoms with Gasteiger partial charge in [-0.3, -0.25) is 4.79 Å². The highest BCUT2D eigenvalue weighted by molar-refractivity contribution is 5.90. The molecule has 1 fully saturated rings. The van der Waals surface area contributed by atoms with Crippen molar-refractivity contribution in [3.63, 3.8) is 0 Å². The molecule has 2 aromatic rings. The second-order valence-corrected chi connectivity index (χ2v) is 6.41. The number of carbonyl (C=O) groups is 1. The van der Waals surface area contributed by atoms with Crippen LogP contribution in [0.1, 0.15) is 43.2 Å². The standard InChI is InChI=1S/C21H22N2O2/c22-15-17-8-11-18(12-9-17)23-21(24)13-10-16-4-3-7-20(14-16)25-19-5-1-2-6-19/h3-4,7-9,11-12,14,19H,1-2,5-6,10,13H2,(H,23,24). The van der Waals surface area contributed by atoms with Crippen molar-refractivity contribution >= 4 is 11.6 Å². The number of nitrogens with one attached hydrogen (secondary N) is 1. The zero-order valence-corrected chi connectivity index (χ0v) is 14.2. The molecule has 0 atom stereocenters. The molecule has 1 aliphatic carbocycles. The number of hydrogen-bond donors (Lipinski definition) is 1. The van der Waals surface area contributed by atoms with Crippen molar-refractivity contribution in [3.8, 4) is 11.8 Å². The summed E-state index contributed by atoms with van der Waals surface area (Å²) in [6.07, 6.45) is 6.19. The number of carbonyl (C=O) groups excluding carboxylic acids is 1. The molecule has 1 N–H and O–H groups in total. The van der Waals surface area contributed by atoms with Gasteiger partial charge in [0.05, 0.1) is 17.7 Å². The smallest absolute Gasteiger partial charge is 0.224 e. The summed E-state index contributed by atoms with van der Waals surface area (Å²) in [4.78, 5) is 12.1. The Morgan fingerprint density at radius 2 is 1.92 bits per heavy atom. The summed E-state index contributed by atoms with van der Waals surface area (Å²) >= 11 is 0. The van der Waals surface area contributed by atoms with Crippen LogP contribution in [0, 0.1) is 11.3 Å². The molecule has 25 heavy (non-hydrogen) atoms. The average Bonchev–Trinajstić information content (AvgIpc) is 3.14. The Morgan fingerprint density at radius 1 is 1.16 bits per heavy atom. The zero-order valence-electron chi connectivity index (χ0n) is 14.2. The van der Waals surface area contributed by atoms with E-state index in [9.17, 15) is 4.79 Å². The van der Waals surface area contributed by atoms with Crippen LogP contribution in [0.2, 0.25) is 0 Å². The van der Waals surface area contributed by atoms with Gasteiger partial charge in [-0.1, -0.05) is 12.1 Å². The maximum atomic E-state index is 12.1. The maximum Gasteiger partial charge on any atom is 0.224 e. The quantitative estimate of drug-likeness (QED) is 0.849. The largest absolute Gasteiger partial charge is 0.490 e. The van der Waals surface area contributed by atoms with Crippen LogP contribution in [0.4, 0.5) is 5.69 Å². The molecule has 0 unspecified atom stereocenters. The van der Waals surface area contributed by atoms with E-state index in [0.717, 1.165) is 24.2 Å². The van der Waals surface area contributed by atoms with Gasteiger partial charge in [0.1, 0.15) is 5.75 Å². The van der Waals surface area contributed by atoms with Crippen molar-refractivity contribution in [1.82, 2.24) is 0 Å². The monoisotopic (exact) mass is 334 g/mol. The van der Waals surface area contributed by atoms with Gasteiger partial charge < -0.3 is 10.1 Å². The molecule has 2 aromatic carbocycles. The van der Waals surface area contributed by atoms with E-state index in [1.54, 1.807) is 24.3 Å². The lowest BCUT2D eigenvalue weighted by molar-refractivity contribution is -0.116. The second-order valence-electron chi connectivity index (χ2n) is 6.41. The van der Waals surface area contributed by atoms with Crippen LogP contribution in [0.3, 0.4) is 0 Å². The van der Waals surface area contributed by atoms with Crippen LogP contribution in [0.15, 0.2) is 48.5 Å². The van der Waals surface area contributed by atoms with Gasteiger partial charge in [-0.05, 0) is 74.1 Å². The SMILES string of the molecule is N#Cc1ccc(NC(=O)CCc2cccc(OC3CCCC3)c2)cc1. The van der Waals surface area contributed by atoms with E-state index in [0.29, 0.717) is 30.2 Å². The summed E-state index contributed by atoms with van der Waals surface area (Å²) in [5.74, 6) is 0.865. The molecule has 0 aromatic heterocycles. The summed E-state index contributed by atoms with van der Waals surface area (Å²) in [7, 11) is 0. The fourth-order valence-corrected chi connectivity index (χ4v) is 3.08. The predicted molar refractivity (Wildman–Crippen MR) is 97.4 cm³/mol. The van der Waals surface area contributed by atoms with Crippen molar-refractivity contribution in [3.05, 3.63) is 59.7 Å². The molecule has 3 rings (SSSR count). The first kappa shape index (κ1) is 17.0. The number of nitriles is 1. The summed E-state index contributed by atoms with van der Waals surface area (Å²) in [5, 5.41) is 11.6. The zero-order chi connectivity index (χ0) is 17.5. The average molecular weight is 334 g/mol. The summed E-state index contributed by atoms with van der Waals surface area (Å²) in [6.45, 7) is 0. The Balaban J connectivity index is 1.50. The number of hydrogen-bond acceptors (Lipinski definition) is 3. The van der Waals surface area contributed by atoms with Gasteiger partial charge >= 0.3 is 0 Å². The third kappa shape index (κ3) is 5.09. The Hall–Kier alpha value is -2.80. The van der Waals surface area contributed by atoms with E-state index in [2.05, 4.69) is 11.4 Å². The molecule has 4 heteroatoms. The van der Waals surface area contributed by atoms with E-state index in [4.69, 9.17) is 10.00 Å². The first-order valence-electron chi connectivity index (χ1n) is 8.78. The van der Waals surface area contributed by atoms with Crippen LogP contribution >= 0.6 is 0 Å². The van der Waals surface area contributed by atoms with Gasteiger partial charge in [-0.15, -0.1) is 0 Å². The Kier molecular flexibility index (Phi) is 5.69. The lowest BCUT2D eigenvalue weighted by Gasteiger charge is -2.13. The number of anilines is 1. The van der Waals surface area contributed by atoms with E-state index < -0.39 is 0 Å². The number of aryl methyl sites for hydroxylation is 1. The maximum absolute atomic E-state index is 12.1. The molecular formula is C21H22N2O2. The molecule has 0 saturated heterocycles. The molecule has 0 aliphatic heterocycles. The van der Waals surface area contributed by atoms with Gasteiger partial charge in [0.25, 0.3) is 0 Å². The molecule has 0 spiro atoms. The number of amides is 1. The number of rotatable bonds is 6. The number of benzene rings is 2. The number of nitrogens with zero attached hydrogens (tertiary/aromatic N) is 1. The minimum Gasteiger partial charge on any atom is -0.490 e. The van der Waals surface area contributed by atoms with Crippen molar-refractivity contribution < 1.29 is 9.53 Å². The highest BCUT2D eigenvalue weighted by atomic mass is 16.5. The van der Waals surface area contributed by atoms with Crippen LogP contribution in [-0.2, 0) is 11.2 Å². The minimum absolute atomic E-state index is 0.0354. The van der Waals surface area contributed by atoms with Crippen LogP contribution in [0.25, 0.3) is 0 Å². The van der Waals surface area contributed by atoms with E-state index >= 15 is 0 Å². The van der Waals surface area contributed by atoms with E-state index in [1.807, 2.05) is 24.3 Å². The Labute approximate surface area is 148 Å². The summed E-state index contributed by atoms with van der Waals surface area (Å²) in [5.41, 5.74) is 2.39. The topological polar surface area (TPSA) is 62.1 Å². The lowest BCUT2D eigenvalue weighted by atomic mass is 10.1. The van der Waals surface area contributed by atoms with Crippen molar-refractivity contribution in [2.24, 2.45) is 0 Å². The molecular weight excluding hydrogens is 312 g/mol. The fraction of sp³-hybridized carbons (Fsp3) is 0.333. The summed E-state index contributed by atoms with van der Waals surface area (Å²) < 4.78 is 6.01. The fourth-order valence-electron chi connectivity index (χ4n) is 3.08. The Bertz CT molecular complexity index is 756. The molecule has 4 nitrogen and oxygen atoms in total. The summed E-state index contributed by atoms with van der Waals surface area (Å²) in [6, 6.07) is 17.0. The second kappa shape index (κ2) is 8.34. The highest BCUT2D eigenvalue weighted by Gasteiger charge is 2.16. The van der Waals surface area contributed by atoms with E-state index in [-0.39, 0.29) is 5.91 Å². The highest BCUT2D eigenvalue weighted by Crippen LogP contribution is 2.24. The molecule has 0 bridgehead atoms. The molecule has 1 saturated carbocycles. The van der Waals surface area contributed by atoms with Gasteiger partial charge in [0.2, 0.25) is 5.91 Å². The molecule has 0 heterocycles. The van der Waals surface area contributed by atoms with Crippen LogP contribution in [0.5, 0.6) is 5.75 Å². The molecule has 128 valence electrons.